The third kappa shape index (κ3) is 4.56. The van der Waals surface area contributed by atoms with Crippen molar-refractivity contribution in [3.8, 4) is 0 Å². The standard InChI is InChI=1S/C15H23N3O/c1-18-8-2-3-13(11-18)10-17-15(19)9-12-4-6-14(16)7-5-12/h4-7,13H,2-3,8-11,16H2,1H3,(H,17,19). The maximum absolute atomic E-state index is 11.9. The molecule has 2 rings (SSSR count). The molecule has 0 spiro atoms. The molecule has 19 heavy (non-hydrogen) atoms. The third-order valence-electron chi connectivity index (χ3n) is 3.65. The normalized spacial score (nSPS) is 20.2. The predicted octanol–water partition coefficient (Wildman–Crippen LogP) is 1.27. The lowest BCUT2D eigenvalue weighted by Gasteiger charge is -2.29. The number of nitrogens with zero attached hydrogens (tertiary/aromatic N) is 1. The molecule has 0 aromatic heterocycles. The van der Waals surface area contributed by atoms with Gasteiger partial charge in [-0.15, -0.1) is 0 Å². The molecule has 1 atom stereocenters. The van der Waals surface area contributed by atoms with Crippen LogP contribution in [0.15, 0.2) is 24.3 Å². The first-order valence-corrected chi connectivity index (χ1v) is 6.93. The molecule has 1 aliphatic rings. The SMILES string of the molecule is CN1CCCC(CNC(=O)Cc2ccc(N)cc2)C1. The zero-order valence-electron chi connectivity index (χ0n) is 11.6. The number of likely N-dealkylation sites (tertiary alicyclic amines) is 1. The summed E-state index contributed by atoms with van der Waals surface area (Å²) >= 11 is 0. The highest BCUT2D eigenvalue weighted by Crippen LogP contribution is 2.14. The monoisotopic (exact) mass is 261 g/mol. The highest BCUT2D eigenvalue weighted by Gasteiger charge is 2.17. The van der Waals surface area contributed by atoms with Crippen molar-refractivity contribution < 1.29 is 4.79 Å². The maximum atomic E-state index is 11.9. The molecule has 1 unspecified atom stereocenters. The molecule has 1 saturated heterocycles. The number of anilines is 1. The zero-order chi connectivity index (χ0) is 13.7. The quantitative estimate of drug-likeness (QED) is 0.803. The smallest absolute Gasteiger partial charge is 0.224 e. The summed E-state index contributed by atoms with van der Waals surface area (Å²) in [5, 5.41) is 3.04. The summed E-state index contributed by atoms with van der Waals surface area (Å²) in [5.41, 5.74) is 7.36. The Morgan fingerprint density at radius 3 is 2.84 bits per heavy atom. The van der Waals surface area contributed by atoms with Crippen molar-refractivity contribution >= 4 is 11.6 Å². The molecule has 0 radical (unpaired) electrons. The van der Waals surface area contributed by atoms with Gasteiger partial charge in [0.1, 0.15) is 0 Å². The Morgan fingerprint density at radius 2 is 2.16 bits per heavy atom. The van der Waals surface area contributed by atoms with Gasteiger partial charge in [0.25, 0.3) is 0 Å². The van der Waals surface area contributed by atoms with Crippen molar-refractivity contribution in [1.29, 1.82) is 0 Å². The fourth-order valence-corrected chi connectivity index (χ4v) is 2.58. The second kappa shape index (κ2) is 6.57. The lowest BCUT2D eigenvalue weighted by Crippen LogP contribution is -2.39. The van der Waals surface area contributed by atoms with Crippen molar-refractivity contribution in [1.82, 2.24) is 10.2 Å². The Labute approximate surface area is 115 Å². The minimum Gasteiger partial charge on any atom is -0.399 e. The number of amides is 1. The van der Waals surface area contributed by atoms with Crippen LogP contribution in [0.2, 0.25) is 0 Å². The summed E-state index contributed by atoms with van der Waals surface area (Å²) in [4.78, 5) is 14.2. The number of piperidine rings is 1. The molecule has 3 N–H and O–H groups in total. The van der Waals surface area contributed by atoms with E-state index in [1.54, 1.807) is 0 Å². The Bertz CT molecular complexity index is 416. The van der Waals surface area contributed by atoms with Crippen LogP contribution in [0, 0.1) is 5.92 Å². The molecule has 0 bridgehead atoms. The minimum atomic E-state index is 0.0954. The van der Waals surface area contributed by atoms with E-state index in [1.165, 1.54) is 19.4 Å². The van der Waals surface area contributed by atoms with Crippen LogP contribution >= 0.6 is 0 Å². The number of carbonyl (C=O) groups is 1. The molecule has 104 valence electrons. The van der Waals surface area contributed by atoms with E-state index < -0.39 is 0 Å². The molecule has 0 saturated carbocycles. The molecule has 1 aromatic rings. The van der Waals surface area contributed by atoms with E-state index in [4.69, 9.17) is 5.73 Å². The molecular formula is C15H23N3O. The van der Waals surface area contributed by atoms with Gasteiger partial charge in [-0.3, -0.25) is 4.79 Å². The van der Waals surface area contributed by atoms with Gasteiger partial charge < -0.3 is 16.0 Å². The second-order valence-corrected chi connectivity index (χ2v) is 5.49. The van der Waals surface area contributed by atoms with Crippen molar-refractivity contribution in [2.75, 3.05) is 32.4 Å². The summed E-state index contributed by atoms with van der Waals surface area (Å²) < 4.78 is 0. The molecule has 4 nitrogen and oxygen atoms in total. The van der Waals surface area contributed by atoms with Gasteiger partial charge in [-0.25, -0.2) is 0 Å². The van der Waals surface area contributed by atoms with Crippen LogP contribution in [-0.2, 0) is 11.2 Å². The van der Waals surface area contributed by atoms with Crippen LogP contribution in [0.25, 0.3) is 0 Å². The fourth-order valence-electron chi connectivity index (χ4n) is 2.58. The fraction of sp³-hybridized carbons (Fsp3) is 0.533. The van der Waals surface area contributed by atoms with E-state index in [9.17, 15) is 4.79 Å². The number of nitrogens with two attached hydrogens (primary N) is 1. The van der Waals surface area contributed by atoms with Gasteiger partial charge in [-0.2, -0.15) is 0 Å². The van der Waals surface area contributed by atoms with Gasteiger partial charge in [0.05, 0.1) is 6.42 Å². The molecule has 1 aromatic carbocycles. The first-order chi connectivity index (χ1) is 9.13. The van der Waals surface area contributed by atoms with Crippen molar-refractivity contribution in [2.45, 2.75) is 19.3 Å². The highest BCUT2D eigenvalue weighted by atomic mass is 16.1. The Hall–Kier alpha value is -1.55. The lowest BCUT2D eigenvalue weighted by atomic mass is 9.98. The number of nitrogens with one attached hydrogen (secondary N) is 1. The lowest BCUT2D eigenvalue weighted by molar-refractivity contribution is -0.120. The number of benzene rings is 1. The molecule has 4 heteroatoms. The maximum Gasteiger partial charge on any atom is 0.224 e. The van der Waals surface area contributed by atoms with Crippen molar-refractivity contribution in [3.63, 3.8) is 0 Å². The number of rotatable bonds is 4. The highest BCUT2D eigenvalue weighted by molar-refractivity contribution is 5.78. The van der Waals surface area contributed by atoms with Gasteiger partial charge in [0.15, 0.2) is 0 Å². The Balaban J connectivity index is 1.73. The van der Waals surface area contributed by atoms with Gasteiger partial charge in [-0.1, -0.05) is 12.1 Å². The molecule has 1 amide bonds. The van der Waals surface area contributed by atoms with E-state index in [0.29, 0.717) is 12.3 Å². The summed E-state index contributed by atoms with van der Waals surface area (Å²) in [6.45, 7) is 3.05. The predicted molar refractivity (Wildman–Crippen MR) is 77.8 cm³/mol. The molecular weight excluding hydrogens is 238 g/mol. The van der Waals surface area contributed by atoms with E-state index in [-0.39, 0.29) is 5.91 Å². The second-order valence-electron chi connectivity index (χ2n) is 5.49. The number of nitrogen functional groups attached to an aromatic ring is 1. The molecule has 1 heterocycles. The molecule has 1 fully saturated rings. The third-order valence-corrected chi connectivity index (χ3v) is 3.65. The Morgan fingerprint density at radius 1 is 1.42 bits per heavy atom. The van der Waals surface area contributed by atoms with Crippen LogP contribution in [-0.4, -0.2) is 37.5 Å². The summed E-state index contributed by atoms with van der Waals surface area (Å²) in [6.07, 6.45) is 2.88. The van der Waals surface area contributed by atoms with Crippen molar-refractivity contribution in [3.05, 3.63) is 29.8 Å². The number of hydrogen-bond donors (Lipinski definition) is 2. The molecule has 1 aliphatic heterocycles. The van der Waals surface area contributed by atoms with Crippen LogP contribution in [0.3, 0.4) is 0 Å². The van der Waals surface area contributed by atoms with E-state index >= 15 is 0 Å². The van der Waals surface area contributed by atoms with Crippen molar-refractivity contribution in [2.24, 2.45) is 5.92 Å². The summed E-state index contributed by atoms with van der Waals surface area (Å²) in [5.74, 6) is 0.687. The largest absolute Gasteiger partial charge is 0.399 e. The van der Waals surface area contributed by atoms with E-state index in [2.05, 4.69) is 17.3 Å². The first kappa shape index (κ1) is 13.9. The molecule has 0 aliphatic carbocycles. The minimum absolute atomic E-state index is 0.0954. The number of hydrogen-bond acceptors (Lipinski definition) is 3. The van der Waals surface area contributed by atoms with Gasteiger partial charge in [0.2, 0.25) is 5.91 Å². The summed E-state index contributed by atoms with van der Waals surface area (Å²) in [6, 6.07) is 7.48. The zero-order valence-corrected chi connectivity index (χ0v) is 11.6. The van der Waals surface area contributed by atoms with Crippen LogP contribution in [0.4, 0.5) is 5.69 Å². The average Bonchev–Trinajstić information content (AvgIpc) is 2.39. The van der Waals surface area contributed by atoms with E-state index in [0.717, 1.165) is 24.3 Å². The topological polar surface area (TPSA) is 58.4 Å². The average molecular weight is 261 g/mol. The van der Waals surface area contributed by atoms with Gasteiger partial charge >= 0.3 is 0 Å². The van der Waals surface area contributed by atoms with E-state index in [1.807, 2.05) is 24.3 Å². The van der Waals surface area contributed by atoms with Crippen LogP contribution < -0.4 is 11.1 Å². The van der Waals surface area contributed by atoms with Gasteiger partial charge in [-0.05, 0) is 50.0 Å². The first-order valence-electron chi connectivity index (χ1n) is 6.93. The number of carbonyl (C=O) groups excluding carboxylic acids is 1. The van der Waals surface area contributed by atoms with Crippen LogP contribution in [0.1, 0.15) is 18.4 Å². The Kier molecular flexibility index (Phi) is 4.80. The summed E-state index contributed by atoms with van der Waals surface area (Å²) in [7, 11) is 2.14. The van der Waals surface area contributed by atoms with Gasteiger partial charge in [0, 0.05) is 18.8 Å². The van der Waals surface area contributed by atoms with Crippen LogP contribution in [0.5, 0.6) is 0 Å².